The number of fused-ring (bicyclic) bond motifs is 1. The Labute approximate surface area is 104 Å². The van der Waals surface area contributed by atoms with Crippen LogP contribution in [0, 0.1) is 0 Å². The topological polar surface area (TPSA) is 87.1 Å². The van der Waals surface area contributed by atoms with Gasteiger partial charge in [-0.3, -0.25) is 0 Å². The van der Waals surface area contributed by atoms with Gasteiger partial charge in [0.2, 0.25) is 0 Å². The highest BCUT2D eigenvalue weighted by atomic mass is 16.2. The van der Waals surface area contributed by atoms with Crippen LogP contribution in [0.2, 0.25) is 0 Å². The molecule has 1 atom stereocenters. The Balaban J connectivity index is 1.63. The molecule has 96 valence electrons. The van der Waals surface area contributed by atoms with Crippen molar-refractivity contribution in [3.05, 3.63) is 22.6 Å². The summed E-state index contributed by atoms with van der Waals surface area (Å²) in [6.07, 6.45) is 3.58. The molecule has 3 N–H and O–H groups in total. The van der Waals surface area contributed by atoms with E-state index in [2.05, 4.69) is 25.9 Å². The van der Waals surface area contributed by atoms with Gasteiger partial charge in [0.15, 0.2) is 5.65 Å². The molecule has 0 bridgehead atoms. The zero-order valence-corrected chi connectivity index (χ0v) is 10.0. The molecule has 1 saturated heterocycles. The van der Waals surface area contributed by atoms with Gasteiger partial charge in [-0.1, -0.05) is 0 Å². The molecule has 1 aliphatic rings. The van der Waals surface area contributed by atoms with Crippen molar-refractivity contribution in [3.63, 3.8) is 0 Å². The molecular weight excluding hydrogens is 232 g/mol. The lowest BCUT2D eigenvalue weighted by molar-refractivity contribution is 0.574. The Kier molecular flexibility index (Phi) is 2.97. The van der Waals surface area contributed by atoms with Crippen LogP contribution < -0.4 is 16.3 Å². The molecule has 2 aromatic rings. The Hall–Kier alpha value is -1.89. The first-order chi connectivity index (χ1) is 8.83. The highest BCUT2D eigenvalue weighted by Gasteiger charge is 2.13. The lowest BCUT2D eigenvalue weighted by Crippen LogP contribution is -2.24. The van der Waals surface area contributed by atoms with Gasteiger partial charge in [0.1, 0.15) is 5.82 Å². The SMILES string of the molecule is O=c1[nH]nc2ccc(NCC[C@H]3CCCN3)nn12. The van der Waals surface area contributed by atoms with E-state index in [0.717, 1.165) is 19.5 Å². The van der Waals surface area contributed by atoms with Crippen molar-refractivity contribution in [2.24, 2.45) is 0 Å². The van der Waals surface area contributed by atoms with Crippen LogP contribution in [0.5, 0.6) is 0 Å². The van der Waals surface area contributed by atoms with Crippen LogP contribution in [0.25, 0.3) is 5.65 Å². The molecule has 3 rings (SSSR count). The van der Waals surface area contributed by atoms with E-state index in [1.165, 1.54) is 17.4 Å². The molecule has 2 aromatic heterocycles. The lowest BCUT2D eigenvalue weighted by atomic mass is 10.1. The van der Waals surface area contributed by atoms with Crippen LogP contribution in [0.3, 0.4) is 0 Å². The highest BCUT2D eigenvalue weighted by Crippen LogP contribution is 2.09. The van der Waals surface area contributed by atoms with Gasteiger partial charge in [-0.05, 0) is 37.9 Å². The number of hydrogen-bond acceptors (Lipinski definition) is 5. The maximum absolute atomic E-state index is 11.4. The minimum absolute atomic E-state index is 0.314. The Morgan fingerprint density at radius 1 is 1.50 bits per heavy atom. The third kappa shape index (κ3) is 2.21. The number of H-pyrrole nitrogens is 1. The fourth-order valence-corrected chi connectivity index (χ4v) is 2.27. The highest BCUT2D eigenvalue weighted by molar-refractivity contribution is 5.42. The standard InChI is InChI=1S/C11H16N6O/c18-11-15-14-10-4-3-9(16-17(10)11)13-7-5-8-2-1-6-12-8/h3-4,8,12H,1-2,5-7H2,(H,13,16)(H,15,18)/t8-/m1/s1. The number of hydrogen-bond donors (Lipinski definition) is 3. The Bertz CT molecular complexity index is 582. The predicted molar refractivity (Wildman–Crippen MR) is 67.7 cm³/mol. The van der Waals surface area contributed by atoms with E-state index < -0.39 is 0 Å². The summed E-state index contributed by atoms with van der Waals surface area (Å²) in [5, 5.41) is 17.0. The minimum Gasteiger partial charge on any atom is -0.369 e. The molecule has 18 heavy (non-hydrogen) atoms. The van der Waals surface area contributed by atoms with Crippen LogP contribution in [-0.4, -0.2) is 38.9 Å². The summed E-state index contributed by atoms with van der Waals surface area (Å²) in [7, 11) is 0. The first-order valence-electron chi connectivity index (χ1n) is 6.25. The van der Waals surface area contributed by atoms with Crippen LogP contribution in [0.4, 0.5) is 5.82 Å². The summed E-state index contributed by atoms with van der Waals surface area (Å²) in [5.74, 6) is 0.698. The quantitative estimate of drug-likeness (QED) is 0.707. The summed E-state index contributed by atoms with van der Waals surface area (Å²) >= 11 is 0. The first kappa shape index (κ1) is 11.2. The zero-order chi connectivity index (χ0) is 12.4. The van der Waals surface area contributed by atoms with Crippen molar-refractivity contribution in [2.75, 3.05) is 18.4 Å². The van der Waals surface area contributed by atoms with Crippen molar-refractivity contribution in [1.29, 1.82) is 0 Å². The number of aromatic nitrogens is 4. The van der Waals surface area contributed by atoms with Crippen molar-refractivity contribution in [1.82, 2.24) is 25.1 Å². The molecule has 3 heterocycles. The van der Waals surface area contributed by atoms with Crippen molar-refractivity contribution >= 4 is 11.5 Å². The van der Waals surface area contributed by atoms with Crippen LogP contribution >= 0.6 is 0 Å². The second-order valence-corrected chi connectivity index (χ2v) is 4.53. The van der Waals surface area contributed by atoms with Gasteiger partial charge < -0.3 is 10.6 Å². The van der Waals surface area contributed by atoms with E-state index in [-0.39, 0.29) is 5.69 Å². The molecular formula is C11H16N6O. The second kappa shape index (κ2) is 4.77. The zero-order valence-electron chi connectivity index (χ0n) is 10.0. The molecule has 0 unspecified atom stereocenters. The van der Waals surface area contributed by atoms with Gasteiger partial charge in [-0.2, -0.15) is 9.61 Å². The number of anilines is 1. The number of rotatable bonds is 4. The summed E-state index contributed by atoms with van der Waals surface area (Å²) in [5.41, 5.74) is 0.217. The monoisotopic (exact) mass is 248 g/mol. The first-order valence-corrected chi connectivity index (χ1v) is 6.25. The number of nitrogens with zero attached hydrogens (tertiary/aromatic N) is 3. The largest absolute Gasteiger partial charge is 0.369 e. The van der Waals surface area contributed by atoms with Gasteiger partial charge in [0, 0.05) is 12.6 Å². The van der Waals surface area contributed by atoms with E-state index >= 15 is 0 Å². The molecule has 0 aliphatic carbocycles. The molecule has 0 spiro atoms. The minimum atomic E-state index is -0.314. The molecule has 0 radical (unpaired) electrons. The smallest absolute Gasteiger partial charge is 0.364 e. The van der Waals surface area contributed by atoms with E-state index in [1.807, 2.05) is 6.07 Å². The lowest BCUT2D eigenvalue weighted by Gasteiger charge is -2.10. The average molecular weight is 248 g/mol. The van der Waals surface area contributed by atoms with E-state index in [0.29, 0.717) is 17.5 Å². The maximum atomic E-state index is 11.4. The van der Waals surface area contributed by atoms with E-state index in [9.17, 15) is 4.79 Å². The maximum Gasteiger partial charge on any atom is 0.364 e. The van der Waals surface area contributed by atoms with Crippen molar-refractivity contribution in [2.45, 2.75) is 25.3 Å². The second-order valence-electron chi connectivity index (χ2n) is 4.53. The van der Waals surface area contributed by atoms with Gasteiger partial charge in [0.25, 0.3) is 0 Å². The summed E-state index contributed by atoms with van der Waals surface area (Å²) in [4.78, 5) is 11.4. The van der Waals surface area contributed by atoms with Gasteiger partial charge in [-0.25, -0.2) is 9.89 Å². The average Bonchev–Trinajstić information content (AvgIpc) is 3.01. The van der Waals surface area contributed by atoms with Crippen molar-refractivity contribution < 1.29 is 0 Å². The number of nitrogens with one attached hydrogen (secondary N) is 3. The van der Waals surface area contributed by atoms with Gasteiger partial charge in [0.05, 0.1) is 0 Å². The normalized spacial score (nSPS) is 19.4. The molecule has 0 saturated carbocycles. The fourth-order valence-electron chi connectivity index (χ4n) is 2.27. The van der Waals surface area contributed by atoms with Crippen LogP contribution in [0.1, 0.15) is 19.3 Å². The fraction of sp³-hybridized carbons (Fsp3) is 0.545. The van der Waals surface area contributed by atoms with Crippen LogP contribution in [0.15, 0.2) is 16.9 Å². The Morgan fingerprint density at radius 3 is 3.28 bits per heavy atom. The third-order valence-electron chi connectivity index (χ3n) is 3.23. The molecule has 0 amide bonds. The summed E-state index contributed by atoms with van der Waals surface area (Å²) in [6.45, 7) is 1.97. The molecule has 0 aromatic carbocycles. The van der Waals surface area contributed by atoms with E-state index in [4.69, 9.17) is 0 Å². The van der Waals surface area contributed by atoms with Crippen LogP contribution in [-0.2, 0) is 0 Å². The predicted octanol–water partition coefficient (Wildman–Crippen LogP) is -0.0284. The third-order valence-corrected chi connectivity index (χ3v) is 3.23. The Morgan fingerprint density at radius 2 is 2.44 bits per heavy atom. The molecule has 7 heteroatoms. The van der Waals surface area contributed by atoms with Gasteiger partial charge >= 0.3 is 5.69 Å². The van der Waals surface area contributed by atoms with Gasteiger partial charge in [-0.15, -0.1) is 5.10 Å². The number of aromatic amines is 1. The summed E-state index contributed by atoms with van der Waals surface area (Å²) in [6, 6.07) is 4.21. The molecule has 1 aliphatic heterocycles. The molecule has 7 nitrogen and oxygen atoms in total. The summed E-state index contributed by atoms with van der Waals surface area (Å²) < 4.78 is 1.26. The van der Waals surface area contributed by atoms with Crippen molar-refractivity contribution in [3.8, 4) is 0 Å². The van der Waals surface area contributed by atoms with E-state index in [1.54, 1.807) is 6.07 Å². The molecule has 1 fully saturated rings.